The Kier molecular flexibility index (Phi) is 4.39. The van der Waals surface area contributed by atoms with Crippen LogP contribution in [-0.2, 0) is 4.79 Å². The maximum Gasteiger partial charge on any atom is 0.322 e. The fourth-order valence-electron chi connectivity index (χ4n) is 2.90. The van der Waals surface area contributed by atoms with Crippen LogP contribution in [0.25, 0.3) is 0 Å². The third-order valence-electron chi connectivity index (χ3n) is 4.22. The molecule has 1 atom stereocenters. The van der Waals surface area contributed by atoms with Gasteiger partial charge < -0.3 is 25.3 Å². The van der Waals surface area contributed by atoms with Crippen LogP contribution in [0.5, 0.6) is 0 Å². The standard InChI is InChI=1S/C14H21N5O3/c20-10-1-4-18(5-2-10)12-7-13(17-9-16-12)19-6-3-15-11(8-19)14(21)22/h7,9-11,15,20H,1-6,8H2,(H,21,22)/t11-/m1/s1. The molecule has 22 heavy (non-hydrogen) atoms. The lowest BCUT2D eigenvalue weighted by molar-refractivity contribution is -0.139. The van der Waals surface area contributed by atoms with Crippen LogP contribution in [0, 0.1) is 0 Å². The summed E-state index contributed by atoms with van der Waals surface area (Å²) in [5.41, 5.74) is 0. The minimum Gasteiger partial charge on any atom is -0.480 e. The lowest BCUT2D eigenvalue weighted by atomic mass is 10.1. The lowest BCUT2D eigenvalue weighted by Gasteiger charge is -2.34. The molecule has 0 unspecified atom stereocenters. The molecule has 120 valence electrons. The summed E-state index contributed by atoms with van der Waals surface area (Å²) in [4.78, 5) is 23.8. The smallest absolute Gasteiger partial charge is 0.322 e. The van der Waals surface area contributed by atoms with Crippen LogP contribution in [-0.4, -0.2) is 71.0 Å². The SMILES string of the molecule is O=C(O)[C@H]1CN(c2cc(N3CCC(O)CC3)ncn2)CCN1. The van der Waals surface area contributed by atoms with Gasteiger partial charge in [0.2, 0.25) is 0 Å². The van der Waals surface area contributed by atoms with Gasteiger partial charge in [-0.05, 0) is 12.8 Å². The van der Waals surface area contributed by atoms with E-state index in [0.717, 1.165) is 44.1 Å². The minimum absolute atomic E-state index is 0.220. The van der Waals surface area contributed by atoms with Gasteiger partial charge in [0.05, 0.1) is 6.10 Å². The summed E-state index contributed by atoms with van der Waals surface area (Å²) in [5, 5.41) is 21.7. The van der Waals surface area contributed by atoms with Gasteiger partial charge in [-0.1, -0.05) is 0 Å². The topological polar surface area (TPSA) is 102 Å². The van der Waals surface area contributed by atoms with Crippen molar-refractivity contribution in [3.63, 3.8) is 0 Å². The second-order valence-corrected chi connectivity index (χ2v) is 5.74. The largest absolute Gasteiger partial charge is 0.480 e. The molecule has 2 saturated heterocycles. The first-order valence-electron chi connectivity index (χ1n) is 7.59. The Morgan fingerprint density at radius 3 is 2.55 bits per heavy atom. The molecule has 0 saturated carbocycles. The average molecular weight is 307 g/mol. The number of rotatable bonds is 3. The maximum atomic E-state index is 11.1. The van der Waals surface area contributed by atoms with Crippen LogP contribution in [0.4, 0.5) is 11.6 Å². The molecule has 0 bridgehead atoms. The van der Waals surface area contributed by atoms with Crippen molar-refractivity contribution in [1.82, 2.24) is 15.3 Å². The first kappa shape index (κ1) is 15.0. The normalized spacial score (nSPS) is 23.6. The number of nitrogens with zero attached hydrogens (tertiary/aromatic N) is 4. The van der Waals surface area contributed by atoms with E-state index >= 15 is 0 Å². The maximum absolute atomic E-state index is 11.1. The first-order chi connectivity index (χ1) is 10.6. The fraction of sp³-hybridized carbons (Fsp3) is 0.643. The Labute approximate surface area is 128 Å². The zero-order valence-corrected chi connectivity index (χ0v) is 12.4. The predicted octanol–water partition coefficient (Wildman–Crippen LogP) is -0.699. The molecule has 3 heterocycles. The van der Waals surface area contributed by atoms with E-state index < -0.39 is 12.0 Å². The molecule has 3 rings (SSSR count). The number of piperidine rings is 1. The molecule has 1 aromatic heterocycles. The number of aromatic nitrogens is 2. The molecule has 2 aliphatic heterocycles. The molecule has 3 N–H and O–H groups in total. The second-order valence-electron chi connectivity index (χ2n) is 5.74. The average Bonchev–Trinajstić information content (AvgIpc) is 2.56. The lowest BCUT2D eigenvalue weighted by Crippen LogP contribution is -2.54. The zero-order chi connectivity index (χ0) is 15.5. The molecule has 0 aromatic carbocycles. The second kappa shape index (κ2) is 6.45. The molecular weight excluding hydrogens is 286 g/mol. The summed E-state index contributed by atoms with van der Waals surface area (Å²) >= 11 is 0. The summed E-state index contributed by atoms with van der Waals surface area (Å²) in [7, 11) is 0. The van der Waals surface area contributed by atoms with Gasteiger partial charge in [-0.25, -0.2) is 9.97 Å². The van der Waals surface area contributed by atoms with E-state index in [0.29, 0.717) is 13.1 Å². The number of nitrogens with one attached hydrogen (secondary N) is 1. The van der Waals surface area contributed by atoms with Gasteiger partial charge in [-0.3, -0.25) is 4.79 Å². The number of carboxylic acids is 1. The van der Waals surface area contributed by atoms with Crippen molar-refractivity contribution in [2.24, 2.45) is 0 Å². The van der Waals surface area contributed by atoms with E-state index in [1.807, 2.05) is 11.0 Å². The van der Waals surface area contributed by atoms with E-state index in [4.69, 9.17) is 5.11 Å². The number of carboxylic acid groups (broad SMARTS) is 1. The Bertz CT molecular complexity index is 533. The number of aliphatic carboxylic acids is 1. The van der Waals surface area contributed by atoms with Gasteiger partial charge in [-0.2, -0.15) is 0 Å². The Balaban J connectivity index is 1.72. The number of carbonyl (C=O) groups is 1. The van der Waals surface area contributed by atoms with Gasteiger partial charge in [0.25, 0.3) is 0 Å². The van der Waals surface area contributed by atoms with Gasteiger partial charge in [0.1, 0.15) is 24.0 Å². The first-order valence-corrected chi connectivity index (χ1v) is 7.59. The van der Waals surface area contributed by atoms with E-state index in [1.54, 1.807) is 0 Å². The summed E-state index contributed by atoms with van der Waals surface area (Å²) in [6.07, 6.45) is 2.79. The molecule has 2 fully saturated rings. The Morgan fingerprint density at radius 2 is 1.86 bits per heavy atom. The van der Waals surface area contributed by atoms with Crippen LogP contribution in [0.15, 0.2) is 12.4 Å². The fourth-order valence-corrected chi connectivity index (χ4v) is 2.90. The van der Waals surface area contributed by atoms with Crippen molar-refractivity contribution in [2.75, 3.05) is 42.5 Å². The van der Waals surface area contributed by atoms with E-state index in [-0.39, 0.29) is 6.10 Å². The van der Waals surface area contributed by atoms with Crippen LogP contribution in [0.3, 0.4) is 0 Å². The highest BCUT2D eigenvalue weighted by Crippen LogP contribution is 2.22. The number of anilines is 2. The number of hydrogen-bond acceptors (Lipinski definition) is 7. The molecule has 1 aromatic rings. The van der Waals surface area contributed by atoms with Gasteiger partial charge >= 0.3 is 5.97 Å². The van der Waals surface area contributed by atoms with E-state index in [1.165, 1.54) is 6.33 Å². The zero-order valence-electron chi connectivity index (χ0n) is 12.4. The third-order valence-corrected chi connectivity index (χ3v) is 4.22. The van der Waals surface area contributed by atoms with Crippen molar-refractivity contribution in [2.45, 2.75) is 25.0 Å². The van der Waals surface area contributed by atoms with Crippen molar-refractivity contribution in [3.8, 4) is 0 Å². The van der Waals surface area contributed by atoms with Gasteiger partial charge in [-0.15, -0.1) is 0 Å². The molecular formula is C14H21N5O3. The highest BCUT2D eigenvalue weighted by Gasteiger charge is 2.26. The van der Waals surface area contributed by atoms with Crippen molar-refractivity contribution in [3.05, 3.63) is 12.4 Å². The number of piperazine rings is 1. The highest BCUT2D eigenvalue weighted by atomic mass is 16.4. The summed E-state index contributed by atoms with van der Waals surface area (Å²) in [5.74, 6) is 0.746. The number of aliphatic hydroxyl groups excluding tert-OH is 1. The molecule has 2 aliphatic rings. The summed E-state index contributed by atoms with van der Waals surface area (Å²) < 4.78 is 0. The third kappa shape index (κ3) is 3.28. The predicted molar refractivity (Wildman–Crippen MR) is 81.1 cm³/mol. The monoisotopic (exact) mass is 307 g/mol. The molecule has 0 aliphatic carbocycles. The van der Waals surface area contributed by atoms with Crippen molar-refractivity contribution < 1.29 is 15.0 Å². The van der Waals surface area contributed by atoms with Gasteiger partial charge in [0, 0.05) is 38.8 Å². The number of hydrogen-bond donors (Lipinski definition) is 3. The van der Waals surface area contributed by atoms with Crippen LogP contribution < -0.4 is 15.1 Å². The minimum atomic E-state index is -0.844. The van der Waals surface area contributed by atoms with Crippen molar-refractivity contribution >= 4 is 17.6 Å². The van der Waals surface area contributed by atoms with E-state index in [2.05, 4.69) is 20.2 Å². The van der Waals surface area contributed by atoms with E-state index in [9.17, 15) is 9.90 Å². The van der Waals surface area contributed by atoms with Crippen molar-refractivity contribution in [1.29, 1.82) is 0 Å². The molecule has 0 radical (unpaired) electrons. The van der Waals surface area contributed by atoms with Gasteiger partial charge in [0.15, 0.2) is 0 Å². The Hall–Kier alpha value is -1.93. The van der Waals surface area contributed by atoms with Crippen LogP contribution in [0.1, 0.15) is 12.8 Å². The summed E-state index contributed by atoms with van der Waals surface area (Å²) in [6.45, 7) is 3.28. The summed E-state index contributed by atoms with van der Waals surface area (Å²) in [6, 6.07) is 1.33. The molecule has 0 spiro atoms. The molecule has 8 heteroatoms. The molecule has 0 amide bonds. The molecule has 8 nitrogen and oxygen atoms in total. The Morgan fingerprint density at radius 1 is 1.18 bits per heavy atom. The van der Waals surface area contributed by atoms with Crippen LogP contribution >= 0.6 is 0 Å². The number of aliphatic hydroxyl groups is 1. The van der Waals surface area contributed by atoms with Crippen LogP contribution in [0.2, 0.25) is 0 Å². The quantitative estimate of drug-likeness (QED) is 0.674. The highest BCUT2D eigenvalue weighted by molar-refractivity contribution is 5.74.